The Morgan fingerprint density at radius 2 is 1.81 bits per heavy atom. The second kappa shape index (κ2) is 3.38. The fourth-order valence-electron chi connectivity index (χ4n) is 1.84. The highest BCUT2D eigenvalue weighted by atomic mass is 16.1. The van der Waals surface area contributed by atoms with E-state index in [0.717, 1.165) is 22.3 Å². The molecule has 0 unspecified atom stereocenters. The maximum absolute atomic E-state index is 11.9. The lowest BCUT2D eigenvalue weighted by Gasteiger charge is -2.01. The summed E-state index contributed by atoms with van der Waals surface area (Å²) < 4.78 is 0. The lowest BCUT2D eigenvalue weighted by molar-refractivity contribution is 1.31. The number of benzene rings is 1. The van der Waals surface area contributed by atoms with Crippen molar-refractivity contribution in [2.45, 2.75) is 0 Å². The zero-order valence-corrected chi connectivity index (χ0v) is 8.53. The Bertz CT molecular complexity index is 680. The summed E-state index contributed by atoms with van der Waals surface area (Å²) in [7, 11) is 0. The predicted molar refractivity (Wildman–Crippen MR) is 64.4 cm³/mol. The minimum atomic E-state index is 0.0407. The van der Waals surface area contributed by atoms with E-state index in [1.165, 1.54) is 0 Å². The van der Waals surface area contributed by atoms with Crippen molar-refractivity contribution in [2.24, 2.45) is 0 Å². The van der Waals surface area contributed by atoms with Gasteiger partial charge in [0.05, 0.1) is 11.4 Å². The molecule has 0 radical (unpaired) electrons. The minimum absolute atomic E-state index is 0.0407. The van der Waals surface area contributed by atoms with Crippen LogP contribution >= 0.6 is 0 Å². The Balaban J connectivity index is 2.34. The van der Waals surface area contributed by atoms with Gasteiger partial charge in [-0.1, -0.05) is 12.1 Å². The van der Waals surface area contributed by atoms with Crippen molar-refractivity contribution in [1.29, 1.82) is 0 Å². The van der Waals surface area contributed by atoms with Gasteiger partial charge in [-0.05, 0) is 24.3 Å². The first-order valence-electron chi connectivity index (χ1n) is 5.10. The van der Waals surface area contributed by atoms with E-state index >= 15 is 0 Å². The topological polar surface area (TPSA) is 48.6 Å². The third kappa shape index (κ3) is 1.34. The lowest BCUT2D eigenvalue weighted by Crippen LogP contribution is -2.02. The third-order valence-electron chi connectivity index (χ3n) is 2.63. The predicted octanol–water partition coefficient (Wildman–Crippen LogP) is 2.52. The van der Waals surface area contributed by atoms with Crippen LogP contribution in [0.2, 0.25) is 0 Å². The van der Waals surface area contributed by atoms with E-state index in [-0.39, 0.29) is 5.43 Å². The number of fused-ring (bicyclic) bond motifs is 1. The molecule has 0 atom stereocenters. The highest BCUT2D eigenvalue weighted by Crippen LogP contribution is 2.15. The van der Waals surface area contributed by atoms with Crippen LogP contribution in [-0.4, -0.2) is 9.97 Å². The molecule has 0 amide bonds. The smallest absolute Gasteiger partial charge is 0.190 e. The van der Waals surface area contributed by atoms with Gasteiger partial charge in [-0.15, -0.1) is 0 Å². The zero-order chi connectivity index (χ0) is 11.0. The number of pyridine rings is 1. The number of aromatic amines is 2. The first-order valence-corrected chi connectivity index (χ1v) is 5.10. The average molecular weight is 210 g/mol. The van der Waals surface area contributed by atoms with E-state index in [4.69, 9.17) is 0 Å². The summed E-state index contributed by atoms with van der Waals surface area (Å²) in [4.78, 5) is 18.2. The molecular formula is C13H10N2O. The maximum atomic E-state index is 11.9. The average Bonchev–Trinajstić information content (AvgIpc) is 2.82. The highest BCUT2D eigenvalue weighted by molar-refractivity contribution is 5.80. The van der Waals surface area contributed by atoms with E-state index in [9.17, 15) is 4.79 Å². The van der Waals surface area contributed by atoms with Gasteiger partial charge in [0.15, 0.2) is 5.43 Å². The summed E-state index contributed by atoms with van der Waals surface area (Å²) in [6, 6.07) is 13.0. The molecule has 78 valence electrons. The Kier molecular flexibility index (Phi) is 1.90. The van der Waals surface area contributed by atoms with E-state index in [0.29, 0.717) is 0 Å². The molecule has 3 nitrogen and oxygen atoms in total. The molecule has 0 aliphatic carbocycles. The monoisotopic (exact) mass is 210 g/mol. The highest BCUT2D eigenvalue weighted by Gasteiger charge is 2.03. The van der Waals surface area contributed by atoms with Crippen LogP contribution < -0.4 is 5.43 Å². The van der Waals surface area contributed by atoms with Crippen molar-refractivity contribution in [3.05, 3.63) is 58.9 Å². The lowest BCUT2D eigenvalue weighted by atomic mass is 10.2. The molecule has 3 heteroatoms. The van der Waals surface area contributed by atoms with Gasteiger partial charge in [0.1, 0.15) is 0 Å². The zero-order valence-electron chi connectivity index (χ0n) is 8.53. The molecule has 2 aromatic heterocycles. The van der Waals surface area contributed by atoms with Crippen LogP contribution in [0.5, 0.6) is 0 Å². The van der Waals surface area contributed by atoms with Gasteiger partial charge in [-0.2, -0.15) is 0 Å². The molecule has 2 N–H and O–H groups in total. The standard InChI is InChI=1S/C13H10N2O/c16-13-8-12(11-6-3-7-14-11)15-10-5-2-1-4-9(10)13/h1-8,14H,(H,15,16). The molecule has 0 spiro atoms. The Morgan fingerprint density at radius 3 is 2.62 bits per heavy atom. The van der Waals surface area contributed by atoms with Crippen molar-refractivity contribution in [3.8, 4) is 11.4 Å². The van der Waals surface area contributed by atoms with Gasteiger partial charge < -0.3 is 9.97 Å². The Morgan fingerprint density at radius 1 is 0.938 bits per heavy atom. The number of para-hydroxylation sites is 1. The van der Waals surface area contributed by atoms with Crippen LogP contribution in [0, 0.1) is 0 Å². The van der Waals surface area contributed by atoms with Crippen LogP contribution in [0.15, 0.2) is 53.5 Å². The van der Waals surface area contributed by atoms with Crippen molar-refractivity contribution >= 4 is 10.9 Å². The molecule has 3 rings (SSSR count). The Labute approximate surface area is 91.8 Å². The largest absolute Gasteiger partial charge is 0.360 e. The number of H-pyrrole nitrogens is 2. The van der Waals surface area contributed by atoms with E-state index in [2.05, 4.69) is 9.97 Å². The summed E-state index contributed by atoms with van der Waals surface area (Å²) in [6.45, 7) is 0. The molecular weight excluding hydrogens is 200 g/mol. The molecule has 1 aromatic carbocycles. The van der Waals surface area contributed by atoms with Crippen LogP contribution in [0.4, 0.5) is 0 Å². The van der Waals surface area contributed by atoms with E-state index < -0.39 is 0 Å². The van der Waals surface area contributed by atoms with Crippen LogP contribution in [0.25, 0.3) is 22.3 Å². The second-order valence-corrected chi connectivity index (χ2v) is 3.68. The number of nitrogens with one attached hydrogen (secondary N) is 2. The van der Waals surface area contributed by atoms with Crippen molar-refractivity contribution < 1.29 is 0 Å². The fourth-order valence-corrected chi connectivity index (χ4v) is 1.84. The number of hydrogen-bond acceptors (Lipinski definition) is 1. The minimum Gasteiger partial charge on any atom is -0.360 e. The van der Waals surface area contributed by atoms with Crippen molar-refractivity contribution in [3.63, 3.8) is 0 Å². The molecule has 0 fully saturated rings. The van der Waals surface area contributed by atoms with Crippen molar-refractivity contribution in [1.82, 2.24) is 9.97 Å². The van der Waals surface area contributed by atoms with Gasteiger partial charge in [0.25, 0.3) is 0 Å². The summed E-state index contributed by atoms with van der Waals surface area (Å²) in [5.74, 6) is 0. The second-order valence-electron chi connectivity index (χ2n) is 3.68. The molecule has 0 saturated heterocycles. The summed E-state index contributed by atoms with van der Waals surface area (Å²) in [5.41, 5.74) is 2.63. The van der Waals surface area contributed by atoms with Gasteiger partial charge in [0.2, 0.25) is 0 Å². The molecule has 16 heavy (non-hydrogen) atoms. The van der Waals surface area contributed by atoms with E-state index in [1.54, 1.807) is 6.07 Å². The normalized spacial score (nSPS) is 10.8. The maximum Gasteiger partial charge on any atom is 0.190 e. The number of hydrogen-bond donors (Lipinski definition) is 2. The van der Waals surface area contributed by atoms with Gasteiger partial charge >= 0.3 is 0 Å². The first-order chi connectivity index (χ1) is 7.84. The molecule has 2 heterocycles. The summed E-state index contributed by atoms with van der Waals surface area (Å²) in [6.07, 6.45) is 1.84. The Hall–Kier alpha value is -2.29. The summed E-state index contributed by atoms with van der Waals surface area (Å²) in [5, 5.41) is 0.720. The van der Waals surface area contributed by atoms with Crippen LogP contribution in [0.1, 0.15) is 0 Å². The number of rotatable bonds is 1. The quantitative estimate of drug-likeness (QED) is 0.637. The first kappa shape index (κ1) is 8.97. The molecule has 0 aliphatic heterocycles. The molecule has 0 saturated carbocycles. The van der Waals surface area contributed by atoms with Crippen LogP contribution in [-0.2, 0) is 0 Å². The van der Waals surface area contributed by atoms with Crippen molar-refractivity contribution in [2.75, 3.05) is 0 Å². The molecule has 3 aromatic rings. The fraction of sp³-hybridized carbons (Fsp3) is 0. The van der Waals surface area contributed by atoms with Gasteiger partial charge in [-0.3, -0.25) is 4.79 Å². The SMILES string of the molecule is O=c1cc(-c2ccc[nH]2)[nH]c2ccccc12. The van der Waals surface area contributed by atoms with E-state index in [1.807, 2.05) is 42.6 Å². The third-order valence-corrected chi connectivity index (χ3v) is 2.63. The number of aromatic nitrogens is 2. The molecule has 0 bridgehead atoms. The van der Waals surface area contributed by atoms with Gasteiger partial charge in [0, 0.05) is 23.2 Å². The van der Waals surface area contributed by atoms with Gasteiger partial charge in [-0.25, -0.2) is 0 Å². The molecule has 0 aliphatic rings. The summed E-state index contributed by atoms with van der Waals surface area (Å²) >= 11 is 0. The van der Waals surface area contributed by atoms with Crippen LogP contribution in [0.3, 0.4) is 0 Å².